The minimum absolute atomic E-state index is 0.0167. The molecular formula is C23H25N3O2S. The van der Waals surface area contributed by atoms with Crippen molar-refractivity contribution >= 4 is 29.1 Å². The van der Waals surface area contributed by atoms with Crippen LogP contribution in [0.5, 0.6) is 0 Å². The summed E-state index contributed by atoms with van der Waals surface area (Å²) in [4.78, 5) is 30.4. The first-order valence-electron chi connectivity index (χ1n) is 9.78. The van der Waals surface area contributed by atoms with Gasteiger partial charge in [0.1, 0.15) is 0 Å². The normalized spacial score (nSPS) is 23.3. The lowest BCUT2D eigenvalue weighted by atomic mass is 9.77. The number of nitrogens with zero attached hydrogens (tertiary/aromatic N) is 1. The number of fused-ring (bicyclic) bond motifs is 2. The number of rotatable bonds is 4. The first kappa shape index (κ1) is 19.7. The van der Waals surface area contributed by atoms with Gasteiger partial charge in [-0.15, -0.1) is 0 Å². The zero-order valence-corrected chi connectivity index (χ0v) is 17.6. The highest BCUT2D eigenvalue weighted by Gasteiger charge is 2.41. The number of para-hydroxylation sites is 1. The summed E-state index contributed by atoms with van der Waals surface area (Å²) in [6, 6.07) is 11.3. The third kappa shape index (κ3) is 3.69. The second-order valence-corrected chi connectivity index (χ2v) is 9.13. The van der Waals surface area contributed by atoms with Crippen LogP contribution in [0.3, 0.4) is 0 Å². The van der Waals surface area contributed by atoms with Crippen LogP contribution in [-0.4, -0.2) is 34.2 Å². The van der Waals surface area contributed by atoms with Crippen molar-refractivity contribution in [2.75, 3.05) is 11.6 Å². The fourth-order valence-electron chi connectivity index (χ4n) is 4.14. The van der Waals surface area contributed by atoms with Gasteiger partial charge in [-0.3, -0.25) is 14.6 Å². The van der Waals surface area contributed by atoms with Gasteiger partial charge in [0.15, 0.2) is 5.78 Å². The number of thioether (sulfide) groups is 1. The van der Waals surface area contributed by atoms with Gasteiger partial charge in [0.25, 0.3) is 0 Å². The smallest absolute Gasteiger partial charge is 0.248 e. The molecule has 29 heavy (non-hydrogen) atoms. The van der Waals surface area contributed by atoms with Crippen LogP contribution in [0.1, 0.15) is 36.2 Å². The van der Waals surface area contributed by atoms with E-state index in [-0.39, 0.29) is 28.9 Å². The number of aromatic nitrogens is 1. The number of ketones is 1. The third-order valence-electron chi connectivity index (χ3n) is 5.81. The number of anilines is 1. The van der Waals surface area contributed by atoms with E-state index in [0.717, 1.165) is 22.4 Å². The van der Waals surface area contributed by atoms with E-state index in [4.69, 9.17) is 0 Å². The Kier molecular flexibility index (Phi) is 5.21. The second-order valence-electron chi connectivity index (χ2n) is 8.09. The van der Waals surface area contributed by atoms with Crippen LogP contribution in [0.2, 0.25) is 0 Å². The average Bonchev–Trinajstić information content (AvgIpc) is 2.73. The standard InChI is InChI=1S/C23H25N3O2S/c1-23(2,14-7-6-10-24-13-14)26-22(28)17-11-19-16(12-20(17)29-3)21(27)15-8-4-5-9-18(15)25-19/h4-11,13,16,19-20,25H,12H2,1-3H3,(H,26,28). The number of Topliss-reactive ketones (excluding diaryl/α,β-unsaturated/α-hetero) is 1. The topological polar surface area (TPSA) is 71.1 Å². The molecule has 0 radical (unpaired) electrons. The van der Waals surface area contributed by atoms with Gasteiger partial charge < -0.3 is 10.6 Å². The lowest BCUT2D eigenvalue weighted by molar-refractivity contribution is -0.119. The largest absolute Gasteiger partial charge is 0.377 e. The third-order valence-corrected chi connectivity index (χ3v) is 6.83. The van der Waals surface area contributed by atoms with Crippen LogP contribution >= 0.6 is 11.8 Å². The molecule has 1 aromatic carbocycles. The highest BCUT2D eigenvalue weighted by atomic mass is 32.2. The minimum Gasteiger partial charge on any atom is -0.377 e. The molecule has 0 fully saturated rings. The molecule has 2 aliphatic rings. The molecule has 0 saturated heterocycles. The maximum Gasteiger partial charge on any atom is 0.248 e. The Morgan fingerprint density at radius 2 is 2.03 bits per heavy atom. The van der Waals surface area contributed by atoms with Crippen LogP contribution in [0, 0.1) is 5.92 Å². The van der Waals surface area contributed by atoms with Crippen LogP contribution in [0.15, 0.2) is 60.4 Å². The molecule has 1 aliphatic heterocycles. The van der Waals surface area contributed by atoms with E-state index in [9.17, 15) is 9.59 Å². The van der Waals surface area contributed by atoms with Gasteiger partial charge in [0.05, 0.1) is 11.6 Å². The van der Waals surface area contributed by atoms with Gasteiger partial charge in [-0.2, -0.15) is 11.8 Å². The molecule has 0 bridgehead atoms. The number of pyridine rings is 1. The van der Waals surface area contributed by atoms with E-state index in [2.05, 4.69) is 15.6 Å². The highest BCUT2D eigenvalue weighted by molar-refractivity contribution is 7.99. The highest BCUT2D eigenvalue weighted by Crippen LogP contribution is 2.39. The summed E-state index contributed by atoms with van der Waals surface area (Å²) >= 11 is 1.62. The minimum atomic E-state index is -0.547. The van der Waals surface area contributed by atoms with Gasteiger partial charge >= 0.3 is 0 Å². The molecule has 0 spiro atoms. The van der Waals surface area contributed by atoms with Crippen molar-refractivity contribution in [3.63, 3.8) is 0 Å². The molecule has 150 valence electrons. The van der Waals surface area contributed by atoms with E-state index in [1.165, 1.54) is 0 Å². The van der Waals surface area contributed by atoms with Crippen molar-refractivity contribution in [1.29, 1.82) is 0 Å². The summed E-state index contributed by atoms with van der Waals surface area (Å²) < 4.78 is 0. The number of benzene rings is 1. The van der Waals surface area contributed by atoms with Crippen LogP contribution in [-0.2, 0) is 10.3 Å². The average molecular weight is 408 g/mol. The van der Waals surface area contributed by atoms with E-state index in [1.807, 2.05) is 62.6 Å². The number of carbonyl (C=O) groups is 2. The number of hydrogen-bond acceptors (Lipinski definition) is 5. The van der Waals surface area contributed by atoms with E-state index in [1.54, 1.807) is 24.2 Å². The van der Waals surface area contributed by atoms with E-state index >= 15 is 0 Å². The van der Waals surface area contributed by atoms with E-state index in [0.29, 0.717) is 6.42 Å². The summed E-state index contributed by atoms with van der Waals surface area (Å²) in [5.74, 6) is -0.0789. The van der Waals surface area contributed by atoms with Crippen LogP contribution < -0.4 is 10.6 Å². The predicted octanol–water partition coefficient (Wildman–Crippen LogP) is 3.79. The Bertz CT molecular complexity index is 971. The van der Waals surface area contributed by atoms with E-state index < -0.39 is 5.54 Å². The van der Waals surface area contributed by atoms with Crippen molar-refractivity contribution in [3.05, 3.63) is 71.6 Å². The molecule has 1 aliphatic carbocycles. The first-order valence-corrected chi connectivity index (χ1v) is 11.1. The molecule has 2 heterocycles. The van der Waals surface area contributed by atoms with Gasteiger partial charge in [0, 0.05) is 40.4 Å². The van der Waals surface area contributed by atoms with Crippen molar-refractivity contribution in [1.82, 2.24) is 10.3 Å². The Labute approximate surface area is 175 Å². The number of nitrogens with one attached hydrogen (secondary N) is 2. The second kappa shape index (κ2) is 7.67. The Hall–Kier alpha value is -2.60. The van der Waals surface area contributed by atoms with Crippen molar-refractivity contribution in [3.8, 4) is 0 Å². The maximum atomic E-state index is 13.2. The lowest BCUT2D eigenvalue weighted by Crippen LogP contribution is -2.48. The molecule has 5 nitrogen and oxygen atoms in total. The molecule has 2 N–H and O–H groups in total. The summed E-state index contributed by atoms with van der Waals surface area (Å²) in [6.07, 6.45) is 8.10. The molecular weight excluding hydrogens is 382 g/mol. The quantitative estimate of drug-likeness (QED) is 0.807. The number of amides is 1. The summed E-state index contributed by atoms with van der Waals surface area (Å²) in [6.45, 7) is 3.95. The molecule has 6 heteroatoms. The summed E-state index contributed by atoms with van der Waals surface area (Å²) in [7, 11) is 0. The summed E-state index contributed by atoms with van der Waals surface area (Å²) in [5, 5.41) is 6.60. The molecule has 4 rings (SSSR count). The van der Waals surface area contributed by atoms with Crippen molar-refractivity contribution in [2.45, 2.75) is 37.1 Å². The fraction of sp³-hybridized carbons (Fsp3) is 0.348. The maximum absolute atomic E-state index is 13.2. The number of hydrogen-bond donors (Lipinski definition) is 2. The van der Waals surface area contributed by atoms with Crippen LogP contribution in [0.4, 0.5) is 5.69 Å². The molecule has 1 amide bonds. The van der Waals surface area contributed by atoms with Crippen molar-refractivity contribution in [2.24, 2.45) is 5.92 Å². The monoisotopic (exact) mass is 407 g/mol. The molecule has 2 aromatic rings. The predicted molar refractivity (Wildman–Crippen MR) is 117 cm³/mol. The molecule has 1 aromatic heterocycles. The summed E-state index contributed by atoms with van der Waals surface area (Å²) in [5.41, 5.74) is 2.72. The first-order chi connectivity index (χ1) is 13.9. The SMILES string of the molecule is CSC1CC2C(=O)c3ccccc3NC2C=C1C(=O)NC(C)(C)c1cccnc1. The van der Waals surface area contributed by atoms with Gasteiger partial charge in [0.2, 0.25) is 5.91 Å². The Morgan fingerprint density at radius 1 is 1.24 bits per heavy atom. The van der Waals surface area contributed by atoms with Crippen LogP contribution in [0.25, 0.3) is 0 Å². The van der Waals surface area contributed by atoms with Gasteiger partial charge in [-0.25, -0.2) is 0 Å². The molecule has 0 saturated carbocycles. The Morgan fingerprint density at radius 3 is 2.76 bits per heavy atom. The molecule has 3 atom stereocenters. The lowest BCUT2D eigenvalue weighted by Gasteiger charge is -2.39. The van der Waals surface area contributed by atoms with Gasteiger partial charge in [-0.05, 0) is 50.3 Å². The fourth-order valence-corrected chi connectivity index (χ4v) is 4.98. The molecule has 3 unspecified atom stereocenters. The van der Waals surface area contributed by atoms with Gasteiger partial charge in [-0.1, -0.05) is 24.3 Å². The zero-order valence-electron chi connectivity index (χ0n) is 16.8. The van der Waals surface area contributed by atoms with Crippen molar-refractivity contribution < 1.29 is 9.59 Å². The zero-order chi connectivity index (χ0) is 20.6. The Balaban J connectivity index is 1.62. The number of carbonyl (C=O) groups excluding carboxylic acids is 2.